The van der Waals surface area contributed by atoms with Gasteiger partial charge in [-0.1, -0.05) is 0 Å². The highest BCUT2D eigenvalue weighted by molar-refractivity contribution is 8.00. The molecule has 74 valence electrons. The Kier molecular flexibility index (Phi) is 2.79. The number of aliphatic hydroxyl groups is 1. The molecule has 2 heterocycles. The molecular formula is C9H15NO2S. The zero-order valence-electron chi connectivity index (χ0n) is 7.61. The summed E-state index contributed by atoms with van der Waals surface area (Å²) in [6, 6.07) is 0. The number of amides is 1. The third kappa shape index (κ3) is 2.17. The summed E-state index contributed by atoms with van der Waals surface area (Å²) < 4.78 is 0. The molecule has 0 aromatic carbocycles. The number of β-amino-alcohol motifs (C(OH)–C–C–N with tert-alkyl or cyclic N) is 1. The Morgan fingerprint density at radius 2 is 2.46 bits per heavy atom. The van der Waals surface area contributed by atoms with Crippen LogP contribution >= 0.6 is 11.8 Å². The average Bonchev–Trinajstić information content (AvgIpc) is 2.63. The number of hydrogen-bond donors (Lipinski definition) is 1. The van der Waals surface area contributed by atoms with E-state index in [9.17, 15) is 9.90 Å². The van der Waals surface area contributed by atoms with Crippen LogP contribution in [0.5, 0.6) is 0 Å². The second-order valence-electron chi connectivity index (χ2n) is 3.79. The molecular weight excluding hydrogens is 186 g/mol. The van der Waals surface area contributed by atoms with Crippen molar-refractivity contribution < 1.29 is 9.90 Å². The first-order valence-corrected chi connectivity index (χ1v) is 5.88. The summed E-state index contributed by atoms with van der Waals surface area (Å²) >= 11 is 1.96. The van der Waals surface area contributed by atoms with Crippen molar-refractivity contribution in [2.45, 2.75) is 30.6 Å². The van der Waals surface area contributed by atoms with Gasteiger partial charge in [0.2, 0.25) is 5.91 Å². The van der Waals surface area contributed by atoms with Crippen molar-refractivity contribution in [2.24, 2.45) is 0 Å². The van der Waals surface area contributed by atoms with Gasteiger partial charge in [-0.3, -0.25) is 4.79 Å². The fourth-order valence-corrected chi connectivity index (χ4v) is 3.25. The van der Waals surface area contributed by atoms with Gasteiger partial charge in [-0.15, -0.1) is 0 Å². The minimum absolute atomic E-state index is 0.125. The molecule has 2 aliphatic heterocycles. The molecule has 0 saturated carbocycles. The molecule has 13 heavy (non-hydrogen) atoms. The zero-order valence-corrected chi connectivity index (χ0v) is 8.42. The summed E-state index contributed by atoms with van der Waals surface area (Å²) in [5, 5.41) is 9.89. The van der Waals surface area contributed by atoms with Gasteiger partial charge in [-0.25, -0.2) is 0 Å². The third-order valence-electron chi connectivity index (χ3n) is 2.64. The van der Waals surface area contributed by atoms with Crippen LogP contribution in [0.2, 0.25) is 0 Å². The molecule has 4 heteroatoms. The first kappa shape index (κ1) is 9.34. The van der Waals surface area contributed by atoms with Crippen molar-refractivity contribution >= 4 is 17.7 Å². The lowest BCUT2D eigenvalue weighted by molar-refractivity contribution is -0.127. The van der Waals surface area contributed by atoms with Crippen molar-refractivity contribution in [1.29, 1.82) is 0 Å². The topological polar surface area (TPSA) is 40.5 Å². The summed E-state index contributed by atoms with van der Waals surface area (Å²) in [5.74, 6) is 1.36. The monoisotopic (exact) mass is 201 g/mol. The van der Waals surface area contributed by atoms with E-state index < -0.39 is 6.10 Å². The van der Waals surface area contributed by atoms with E-state index in [-0.39, 0.29) is 5.91 Å². The molecule has 0 aromatic rings. The molecule has 1 N–H and O–H groups in total. The van der Waals surface area contributed by atoms with Crippen molar-refractivity contribution in [3.05, 3.63) is 0 Å². The smallest absolute Gasteiger partial charge is 0.225 e. The molecule has 0 bridgehead atoms. The fraction of sp³-hybridized carbons (Fsp3) is 0.889. The number of carbonyl (C=O) groups excluding carboxylic acids is 1. The SMILES string of the molecule is O=C1CC(O)CN1CC1CCCS1. The van der Waals surface area contributed by atoms with E-state index in [0.717, 1.165) is 6.54 Å². The Labute approximate surface area is 82.5 Å². The van der Waals surface area contributed by atoms with Crippen LogP contribution in [-0.2, 0) is 4.79 Å². The van der Waals surface area contributed by atoms with E-state index in [2.05, 4.69) is 0 Å². The summed E-state index contributed by atoms with van der Waals surface area (Å²) in [6.45, 7) is 1.40. The predicted octanol–water partition coefficient (Wildman–Crippen LogP) is 0.475. The van der Waals surface area contributed by atoms with Crippen molar-refractivity contribution in [2.75, 3.05) is 18.8 Å². The molecule has 2 saturated heterocycles. The predicted molar refractivity (Wildman–Crippen MR) is 52.7 cm³/mol. The summed E-state index contributed by atoms with van der Waals surface area (Å²) in [4.78, 5) is 13.1. The molecule has 2 atom stereocenters. The largest absolute Gasteiger partial charge is 0.391 e. The second-order valence-corrected chi connectivity index (χ2v) is 5.20. The number of hydrogen-bond acceptors (Lipinski definition) is 3. The lowest BCUT2D eigenvalue weighted by Gasteiger charge is -2.19. The lowest BCUT2D eigenvalue weighted by atomic mass is 10.2. The molecule has 2 rings (SSSR count). The van der Waals surface area contributed by atoms with E-state index >= 15 is 0 Å². The average molecular weight is 201 g/mol. The number of aliphatic hydroxyl groups excluding tert-OH is 1. The maximum absolute atomic E-state index is 11.3. The van der Waals surface area contributed by atoms with Gasteiger partial charge < -0.3 is 10.0 Å². The number of carbonyl (C=O) groups is 1. The molecule has 2 aliphatic rings. The van der Waals surface area contributed by atoms with E-state index in [4.69, 9.17) is 0 Å². The maximum Gasteiger partial charge on any atom is 0.225 e. The highest BCUT2D eigenvalue weighted by Gasteiger charge is 2.30. The Bertz CT molecular complexity index is 204. The third-order valence-corrected chi connectivity index (χ3v) is 4.02. The quantitative estimate of drug-likeness (QED) is 0.706. The minimum atomic E-state index is -0.418. The minimum Gasteiger partial charge on any atom is -0.391 e. The van der Waals surface area contributed by atoms with Crippen molar-refractivity contribution in [1.82, 2.24) is 4.90 Å². The van der Waals surface area contributed by atoms with Crippen LogP contribution in [0.15, 0.2) is 0 Å². The van der Waals surface area contributed by atoms with Gasteiger partial charge in [0.1, 0.15) is 0 Å². The molecule has 0 radical (unpaired) electrons. The summed E-state index contributed by atoms with van der Waals surface area (Å²) in [6.07, 6.45) is 2.42. The van der Waals surface area contributed by atoms with E-state index in [1.54, 1.807) is 0 Å². The van der Waals surface area contributed by atoms with Crippen LogP contribution in [0.3, 0.4) is 0 Å². The Morgan fingerprint density at radius 3 is 3.00 bits per heavy atom. The summed E-state index contributed by atoms with van der Waals surface area (Å²) in [5.41, 5.74) is 0. The van der Waals surface area contributed by atoms with Crippen LogP contribution in [-0.4, -0.2) is 46.1 Å². The van der Waals surface area contributed by atoms with Crippen LogP contribution in [0, 0.1) is 0 Å². The summed E-state index contributed by atoms with van der Waals surface area (Å²) in [7, 11) is 0. The molecule has 1 amide bonds. The second kappa shape index (κ2) is 3.88. The fourth-order valence-electron chi connectivity index (χ4n) is 1.96. The van der Waals surface area contributed by atoms with Gasteiger partial charge >= 0.3 is 0 Å². The molecule has 2 unspecified atom stereocenters. The van der Waals surface area contributed by atoms with Crippen LogP contribution in [0.4, 0.5) is 0 Å². The van der Waals surface area contributed by atoms with Crippen LogP contribution < -0.4 is 0 Å². The standard InChI is InChI=1S/C9H15NO2S/c11-7-4-9(12)10(5-7)6-8-2-1-3-13-8/h7-8,11H,1-6H2. The van der Waals surface area contributed by atoms with Gasteiger partial charge in [-0.05, 0) is 18.6 Å². The Morgan fingerprint density at radius 1 is 1.62 bits per heavy atom. The molecule has 0 aromatic heterocycles. The molecule has 3 nitrogen and oxygen atoms in total. The molecule has 0 spiro atoms. The van der Waals surface area contributed by atoms with Gasteiger partial charge in [0.05, 0.1) is 12.5 Å². The van der Waals surface area contributed by atoms with Crippen molar-refractivity contribution in [3.63, 3.8) is 0 Å². The maximum atomic E-state index is 11.3. The van der Waals surface area contributed by atoms with Gasteiger partial charge in [-0.2, -0.15) is 11.8 Å². The number of nitrogens with zero attached hydrogens (tertiary/aromatic N) is 1. The van der Waals surface area contributed by atoms with Gasteiger partial charge in [0.25, 0.3) is 0 Å². The number of rotatable bonds is 2. The first-order valence-electron chi connectivity index (χ1n) is 4.83. The number of thioether (sulfide) groups is 1. The van der Waals surface area contributed by atoms with E-state index in [1.807, 2.05) is 16.7 Å². The lowest BCUT2D eigenvalue weighted by Crippen LogP contribution is -2.31. The van der Waals surface area contributed by atoms with Crippen molar-refractivity contribution in [3.8, 4) is 0 Å². The van der Waals surface area contributed by atoms with Gasteiger partial charge in [0.15, 0.2) is 0 Å². The molecule has 2 fully saturated rings. The van der Waals surface area contributed by atoms with E-state index in [0.29, 0.717) is 18.2 Å². The Balaban J connectivity index is 1.83. The van der Waals surface area contributed by atoms with Gasteiger partial charge in [0, 0.05) is 18.3 Å². The number of likely N-dealkylation sites (tertiary alicyclic amines) is 1. The first-order chi connectivity index (χ1) is 6.25. The van der Waals surface area contributed by atoms with E-state index in [1.165, 1.54) is 18.6 Å². The van der Waals surface area contributed by atoms with Crippen LogP contribution in [0.25, 0.3) is 0 Å². The van der Waals surface area contributed by atoms with Crippen LogP contribution in [0.1, 0.15) is 19.3 Å². The highest BCUT2D eigenvalue weighted by Crippen LogP contribution is 2.27. The highest BCUT2D eigenvalue weighted by atomic mass is 32.2. The molecule has 0 aliphatic carbocycles. The Hall–Kier alpha value is -0.220. The normalized spacial score (nSPS) is 34.5. The zero-order chi connectivity index (χ0) is 9.26.